The highest BCUT2D eigenvalue weighted by Crippen LogP contribution is 2.30. The zero-order valence-electron chi connectivity index (χ0n) is 12.3. The molecule has 0 spiro atoms. The van der Waals surface area contributed by atoms with Crippen LogP contribution in [0.3, 0.4) is 0 Å². The van der Waals surface area contributed by atoms with Gasteiger partial charge < -0.3 is 14.4 Å². The summed E-state index contributed by atoms with van der Waals surface area (Å²) >= 11 is 0. The summed E-state index contributed by atoms with van der Waals surface area (Å²) in [6.45, 7) is 7.20. The molecule has 0 saturated carbocycles. The molecule has 0 fully saturated rings. The fraction of sp³-hybridized carbons (Fsp3) is 0.438. The van der Waals surface area contributed by atoms with Crippen molar-refractivity contribution in [3.8, 4) is 5.75 Å². The van der Waals surface area contributed by atoms with E-state index in [2.05, 4.69) is 31.8 Å². The van der Waals surface area contributed by atoms with Crippen LogP contribution in [0.25, 0.3) is 0 Å². The predicted molar refractivity (Wildman–Crippen MR) is 78.9 cm³/mol. The van der Waals surface area contributed by atoms with Gasteiger partial charge >= 0.3 is 0 Å². The van der Waals surface area contributed by atoms with Crippen molar-refractivity contribution in [2.45, 2.75) is 38.8 Å². The molecule has 1 unspecified atom stereocenters. The van der Waals surface area contributed by atoms with Gasteiger partial charge in [-0.05, 0) is 17.0 Å². The van der Waals surface area contributed by atoms with Crippen LogP contribution in [-0.4, -0.2) is 27.4 Å². The molecule has 4 heteroatoms. The van der Waals surface area contributed by atoms with Gasteiger partial charge in [-0.15, -0.1) is 0 Å². The Hall–Kier alpha value is -1.81. The van der Waals surface area contributed by atoms with Crippen LogP contribution >= 0.6 is 0 Å². The Labute approximate surface area is 120 Å². The first-order valence-electron chi connectivity index (χ1n) is 6.83. The lowest BCUT2D eigenvalue weighted by Crippen LogP contribution is -2.24. The molecule has 1 heterocycles. The molecular weight excluding hydrogens is 252 g/mol. The third-order valence-corrected chi connectivity index (χ3v) is 3.11. The van der Waals surface area contributed by atoms with Crippen LogP contribution in [0, 0.1) is 0 Å². The second-order valence-corrected chi connectivity index (χ2v) is 5.97. The highest BCUT2D eigenvalue weighted by Gasteiger charge is 2.19. The Morgan fingerprint density at radius 1 is 1.30 bits per heavy atom. The zero-order valence-corrected chi connectivity index (χ0v) is 12.3. The van der Waals surface area contributed by atoms with E-state index in [1.165, 1.54) is 0 Å². The molecule has 4 nitrogen and oxygen atoms in total. The monoisotopic (exact) mass is 274 g/mol. The average molecular weight is 274 g/mol. The number of para-hydroxylation sites is 1. The van der Waals surface area contributed by atoms with Crippen LogP contribution in [0.15, 0.2) is 43.0 Å². The lowest BCUT2D eigenvalue weighted by molar-refractivity contribution is 0.0915. The van der Waals surface area contributed by atoms with Crippen LogP contribution in [-0.2, 0) is 12.0 Å². The Kier molecular flexibility index (Phi) is 4.45. The number of nitrogens with zero attached hydrogens (tertiary/aromatic N) is 2. The Morgan fingerprint density at radius 3 is 2.70 bits per heavy atom. The van der Waals surface area contributed by atoms with Gasteiger partial charge in [0.05, 0.1) is 12.9 Å². The summed E-state index contributed by atoms with van der Waals surface area (Å²) in [4.78, 5) is 3.95. The molecule has 20 heavy (non-hydrogen) atoms. The number of hydrogen-bond donors (Lipinski definition) is 1. The lowest BCUT2D eigenvalue weighted by Gasteiger charge is -2.23. The molecule has 2 rings (SSSR count). The van der Waals surface area contributed by atoms with Gasteiger partial charge in [-0.25, -0.2) is 4.98 Å². The van der Waals surface area contributed by atoms with Gasteiger partial charge in [0.1, 0.15) is 18.5 Å². The summed E-state index contributed by atoms with van der Waals surface area (Å²) in [6, 6.07) is 7.98. The smallest absolute Gasteiger partial charge is 0.123 e. The summed E-state index contributed by atoms with van der Waals surface area (Å²) in [5.41, 5.74) is 1.17. The SMILES string of the molecule is CC(C)(C)c1ccccc1OCC(O)Cn1ccnc1. The maximum Gasteiger partial charge on any atom is 0.123 e. The molecule has 0 amide bonds. The minimum atomic E-state index is -0.558. The third kappa shape index (κ3) is 3.84. The first-order chi connectivity index (χ1) is 9.47. The number of aliphatic hydroxyl groups is 1. The van der Waals surface area contributed by atoms with Crippen molar-refractivity contribution in [3.63, 3.8) is 0 Å². The Bertz CT molecular complexity index is 530. The van der Waals surface area contributed by atoms with E-state index in [1.807, 2.05) is 29.0 Å². The zero-order chi connectivity index (χ0) is 14.6. The summed E-state index contributed by atoms with van der Waals surface area (Å²) in [7, 11) is 0. The molecule has 0 radical (unpaired) electrons. The fourth-order valence-electron chi connectivity index (χ4n) is 2.09. The van der Waals surface area contributed by atoms with Crippen LogP contribution < -0.4 is 4.74 Å². The van der Waals surface area contributed by atoms with Crippen molar-refractivity contribution >= 4 is 0 Å². The predicted octanol–water partition coefficient (Wildman–Crippen LogP) is 2.62. The van der Waals surface area contributed by atoms with Crippen molar-refractivity contribution in [1.82, 2.24) is 9.55 Å². The minimum absolute atomic E-state index is 0.0197. The Balaban J connectivity index is 1.97. The van der Waals surface area contributed by atoms with Gasteiger partial charge in [0.25, 0.3) is 0 Å². The molecule has 1 N–H and O–H groups in total. The van der Waals surface area contributed by atoms with Crippen LogP contribution in [0.2, 0.25) is 0 Å². The number of benzene rings is 1. The summed E-state index contributed by atoms with van der Waals surface area (Å²) in [5.74, 6) is 0.838. The summed E-state index contributed by atoms with van der Waals surface area (Å²) in [6.07, 6.45) is 4.65. The maximum atomic E-state index is 10.0. The molecule has 2 aromatic rings. The van der Waals surface area contributed by atoms with E-state index in [0.717, 1.165) is 11.3 Å². The van der Waals surface area contributed by atoms with Gasteiger partial charge in [0.15, 0.2) is 0 Å². The second kappa shape index (κ2) is 6.09. The molecule has 1 aromatic heterocycles. The van der Waals surface area contributed by atoms with Gasteiger partial charge in [0.2, 0.25) is 0 Å². The maximum absolute atomic E-state index is 10.0. The van der Waals surface area contributed by atoms with E-state index in [0.29, 0.717) is 6.54 Å². The molecule has 108 valence electrons. The Morgan fingerprint density at radius 2 is 2.05 bits per heavy atom. The van der Waals surface area contributed by atoms with Crippen LogP contribution in [0.5, 0.6) is 5.75 Å². The number of aliphatic hydroxyl groups excluding tert-OH is 1. The molecule has 0 aliphatic heterocycles. The molecule has 1 atom stereocenters. The topological polar surface area (TPSA) is 47.3 Å². The first-order valence-corrected chi connectivity index (χ1v) is 6.83. The van der Waals surface area contributed by atoms with Gasteiger partial charge in [-0.2, -0.15) is 0 Å². The number of imidazole rings is 1. The summed E-state index contributed by atoms with van der Waals surface area (Å²) < 4.78 is 7.63. The third-order valence-electron chi connectivity index (χ3n) is 3.11. The van der Waals surface area contributed by atoms with Gasteiger partial charge in [-0.3, -0.25) is 0 Å². The number of aromatic nitrogens is 2. The molecule has 1 aromatic carbocycles. The van der Waals surface area contributed by atoms with Gasteiger partial charge in [0, 0.05) is 12.4 Å². The molecule has 0 bridgehead atoms. The van der Waals surface area contributed by atoms with E-state index in [-0.39, 0.29) is 12.0 Å². The van der Waals surface area contributed by atoms with Crippen molar-refractivity contribution in [2.24, 2.45) is 0 Å². The molecule has 0 saturated heterocycles. The van der Waals surface area contributed by atoms with Gasteiger partial charge in [-0.1, -0.05) is 39.0 Å². The fourth-order valence-corrected chi connectivity index (χ4v) is 2.09. The van der Waals surface area contributed by atoms with E-state index in [1.54, 1.807) is 12.5 Å². The molecule has 0 aliphatic carbocycles. The molecular formula is C16H22N2O2. The largest absolute Gasteiger partial charge is 0.491 e. The van der Waals surface area contributed by atoms with E-state index < -0.39 is 6.10 Å². The normalized spacial score (nSPS) is 13.2. The summed E-state index contributed by atoms with van der Waals surface area (Å²) in [5, 5.41) is 10.0. The molecule has 0 aliphatic rings. The lowest BCUT2D eigenvalue weighted by atomic mass is 9.86. The van der Waals surface area contributed by atoms with E-state index in [4.69, 9.17) is 4.74 Å². The number of hydrogen-bond acceptors (Lipinski definition) is 3. The van der Waals surface area contributed by atoms with Crippen molar-refractivity contribution < 1.29 is 9.84 Å². The second-order valence-electron chi connectivity index (χ2n) is 5.97. The van der Waals surface area contributed by atoms with E-state index in [9.17, 15) is 5.11 Å². The van der Waals surface area contributed by atoms with Crippen molar-refractivity contribution in [2.75, 3.05) is 6.61 Å². The van der Waals surface area contributed by atoms with Crippen molar-refractivity contribution in [3.05, 3.63) is 48.5 Å². The van der Waals surface area contributed by atoms with Crippen molar-refractivity contribution in [1.29, 1.82) is 0 Å². The highest BCUT2D eigenvalue weighted by molar-refractivity contribution is 5.38. The number of rotatable bonds is 5. The van der Waals surface area contributed by atoms with Crippen LogP contribution in [0.4, 0.5) is 0 Å². The van der Waals surface area contributed by atoms with E-state index >= 15 is 0 Å². The number of ether oxygens (including phenoxy) is 1. The quantitative estimate of drug-likeness (QED) is 0.911. The standard InChI is InChI=1S/C16H22N2O2/c1-16(2,3)14-6-4-5-7-15(14)20-11-13(19)10-18-9-8-17-12-18/h4-9,12-13,19H,10-11H2,1-3H3. The highest BCUT2D eigenvalue weighted by atomic mass is 16.5. The average Bonchev–Trinajstić information content (AvgIpc) is 2.88. The first kappa shape index (κ1) is 14.6. The van der Waals surface area contributed by atoms with Crippen LogP contribution in [0.1, 0.15) is 26.3 Å². The minimum Gasteiger partial charge on any atom is -0.491 e.